The molecule has 0 saturated heterocycles. The van der Waals surface area contributed by atoms with Crippen LogP contribution in [0.25, 0.3) is 0 Å². The third-order valence-electron chi connectivity index (χ3n) is 0.875. The summed E-state index contributed by atoms with van der Waals surface area (Å²) < 4.78 is 0. The predicted molar refractivity (Wildman–Crippen MR) is 57.3 cm³/mol. The maximum atomic E-state index is 5.34. The molecule has 64 valence electrons. The minimum Gasteiger partial charge on any atom is -0.330 e. The highest BCUT2D eigenvalue weighted by atomic mass is 33.1. The summed E-state index contributed by atoms with van der Waals surface area (Å²) in [4.78, 5) is 4.08. The third-order valence-corrected chi connectivity index (χ3v) is 3.25. The number of rotatable bonds is 4. The largest absolute Gasteiger partial charge is 0.330 e. The van der Waals surface area contributed by atoms with Crippen LogP contribution >= 0.6 is 21.6 Å². The van der Waals surface area contributed by atoms with Crippen molar-refractivity contribution in [2.24, 2.45) is 10.7 Å². The van der Waals surface area contributed by atoms with Crippen molar-refractivity contribution in [1.82, 2.24) is 0 Å². The van der Waals surface area contributed by atoms with Crippen LogP contribution in [0, 0.1) is 0 Å². The molecule has 0 aliphatic rings. The maximum Gasteiger partial charge on any atom is 0.100 e. The molecule has 0 amide bonds. The van der Waals surface area contributed by atoms with E-state index >= 15 is 0 Å². The van der Waals surface area contributed by atoms with E-state index in [9.17, 15) is 0 Å². The molecule has 0 bridgehead atoms. The monoisotopic (exact) mass is 190 g/mol. The van der Waals surface area contributed by atoms with Gasteiger partial charge in [-0.05, 0) is 23.8 Å². The Balaban J connectivity index is 3.54. The number of allylic oxidation sites excluding steroid dienone is 1. The summed E-state index contributed by atoms with van der Waals surface area (Å²) in [6.07, 6.45) is 3.98. The third kappa shape index (κ3) is 6.47. The van der Waals surface area contributed by atoms with Gasteiger partial charge < -0.3 is 5.73 Å². The van der Waals surface area contributed by atoms with Gasteiger partial charge in [0.2, 0.25) is 0 Å². The molecule has 2 nitrogen and oxygen atoms in total. The van der Waals surface area contributed by atoms with Gasteiger partial charge in [-0.15, -0.1) is 0 Å². The Morgan fingerprint density at radius 1 is 1.64 bits per heavy atom. The molecule has 0 rings (SSSR count). The number of aliphatic imine (C=N–C) groups is 1. The summed E-state index contributed by atoms with van der Waals surface area (Å²) in [6, 6.07) is 0. The Morgan fingerprint density at radius 2 is 2.36 bits per heavy atom. The first-order valence-corrected chi connectivity index (χ1v) is 5.76. The van der Waals surface area contributed by atoms with Gasteiger partial charge in [-0.25, -0.2) is 0 Å². The molecule has 0 aliphatic carbocycles. The van der Waals surface area contributed by atoms with Crippen LogP contribution in [0.15, 0.2) is 17.1 Å². The van der Waals surface area contributed by atoms with E-state index in [-0.39, 0.29) is 0 Å². The van der Waals surface area contributed by atoms with Gasteiger partial charge in [0, 0.05) is 19.3 Å². The summed E-state index contributed by atoms with van der Waals surface area (Å²) in [7, 11) is 5.20. The predicted octanol–water partition coefficient (Wildman–Crippen LogP) is 1.93. The van der Waals surface area contributed by atoms with Gasteiger partial charge in [0.25, 0.3) is 0 Å². The molecule has 0 aromatic carbocycles. The number of nitrogens with zero attached hydrogens (tertiary/aromatic N) is 1. The van der Waals surface area contributed by atoms with Gasteiger partial charge in [-0.2, -0.15) is 0 Å². The van der Waals surface area contributed by atoms with E-state index in [1.807, 2.05) is 19.1 Å². The summed E-state index contributed by atoms with van der Waals surface area (Å²) in [5, 5.41) is 1.05. The van der Waals surface area contributed by atoms with Crippen molar-refractivity contribution in [2.75, 3.05) is 19.3 Å². The van der Waals surface area contributed by atoms with Crippen LogP contribution in [-0.2, 0) is 0 Å². The van der Waals surface area contributed by atoms with Crippen molar-refractivity contribution in [1.29, 1.82) is 0 Å². The van der Waals surface area contributed by atoms with E-state index in [0.29, 0.717) is 0 Å². The fraction of sp³-hybridized carbons (Fsp3) is 0.571. The lowest BCUT2D eigenvalue weighted by atomic mass is 10.6. The molecule has 11 heavy (non-hydrogen) atoms. The molecule has 0 fully saturated rings. The van der Waals surface area contributed by atoms with Crippen molar-refractivity contribution >= 4 is 26.6 Å². The number of nitrogens with two attached hydrogens (primary N) is 1. The molecule has 0 unspecified atom stereocenters. The Labute approximate surface area is 76.1 Å². The van der Waals surface area contributed by atoms with Crippen molar-refractivity contribution < 1.29 is 0 Å². The molecule has 0 aliphatic heterocycles. The molecular formula is C7H14N2S2. The molecule has 0 radical (unpaired) electrons. The van der Waals surface area contributed by atoms with E-state index in [1.54, 1.807) is 28.6 Å². The van der Waals surface area contributed by atoms with Gasteiger partial charge in [-0.1, -0.05) is 16.9 Å². The first-order chi connectivity index (χ1) is 5.35. The summed E-state index contributed by atoms with van der Waals surface area (Å²) >= 11 is 0. The van der Waals surface area contributed by atoms with Gasteiger partial charge in [0.05, 0.1) is 0 Å². The highest BCUT2D eigenvalue weighted by Gasteiger charge is 1.92. The van der Waals surface area contributed by atoms with E-state index < -0.39 is 0 Å². The number of hydrogen-bond donors (Lipinski definition) is 1. The van der Waals surface area contributed by atoms with Crippen LogP contribution in [0.2, 0.25) is 0 Å². The Hall–Kier alpha value is 0.0700. The Morgan fingerprint density at radius 3 is 2.82 bits per heavy atom. The van der Waals surface area contributed by atoms with Gasteiger partial charge >= 0.3 is 0 Å². The van der Waals surface area contributed by atoms with E-state index in [1.165, 1.54) is 0 Å². The van der Waals surface area contributed by atoms with Crippen LogP contribution < -0.4 is 5.73 Å². The molecule has 0 aromatic rings. The zero-order valence-electron chi connectivity index (χ0n) is 6.91. The van der Waals surface area contributed by atoms with Crippen molar-refractivity contribution in [2.45, 2.75) is 6.92 Å². The molecule has 0 spiro atoms. The molecule has 0 atom stereocenters. The zero-order chi connectivity index (χ0) is 8.53. The lowest BCUT2D eigenvalue weighted by molar-refractivity contribution is 1.16. The van der Waals surface area contributed by atoms with E-state index in [2.05, 4.69) is 4.99 Å². The zero-order valence-corrected chi connectivity index (χ0v) is 8.54. The van der Waals surface area contributed by atoms with Crippen LogP contribution in [0.5, 0.6) is 0 Å². The normalized spacial score (nSPS) is 12.8. The lowest BCUT2D eigenvalue weighted by Gasteiger charge is -1.96. The fourth-order valence-corrected chi connectivity index (χ4v) is 2.29. The highest BCUT2D eigenvalue weighted by molar-refractivity contribution is 8.82. The molecule has 0 saturated carbocycles. The minimum absolute atomic E-state index is 0.727. The van der Waals surface area contributed by atoms with E-state index in [0.717, 1.165) is 17.3 Å². The molecule has 2 N–H and O–H groups in total. The number of hydrogen-bond acceptors (Lipinski definition) is 4. The quantitative estimate of drug-likeness (QED) is 0.319. The Kier molecular flexibility index (Phi) is 8.22. The Bertz CT molecular complexity index is 143. The van der Waals surface area contributed by atoms with E-state index in [4.69, 9.17) is 5.73 Å². The smallest absolute Gasteiger partial charge is 0.100 e. The molecule has 0 heterocycles. The van der Waals surface area contributed by atoms with Crippen LogP contribution in [0.3, 0.4) is 0 Å². The fourth-order valence-electron chi connectivity index (χ4n) is 0.432. The van der Waals surface area contributed by atoms with Gasteiger partial charge in [0.1, 0.15) is 5.04 Å². The minimum atomic E-state index is 0.727. The van der Waals surface area contributed by atoms with Crippen molar-refractivity contribution in [3.63, 3.8) is 0 Å². The molecule has 4 heteroatoms. The first-order valence-electron chi connectivity index (χ1n) is 3.44. The summed E-state index contributed by atoms with van der Waals surface area (Å²) in [6.45, 7) is 2.71. The topological polar surface area (TPSA) is 38.4 Å². The second-order valence-electron chi connectivity index (χ2n) is 1.76. The molecule has 0 aromatic heterocycles. The summed E-state index contributed by atoms with van der Waals surface area (Å²) in [5.41, 5.74) is 5.34. The lowest BCUT2D eigenvalue weighted by Crippen LogP contribution is -2.00. The standard InChI is InChI=1S/C7H14N2S2/c1-3-4-7(9-2)11-10-6-5-8/h3-4H,5-6,8H2,1-2H3/b4-3-,9-7?. The second-order valence-corrected chi connectivity index (χ2v) is 4.19. The molecular weight excluding hydrogens is 176 g/mol. The average Bonchev–Trinajstić information content (AvgIpc) is 2.03. The van der Waals surface area contributed by atoms with Crippen molar-refractivity contribution in [3.05, 3.63) is 12.2 Å². The van der Waals surface area contributed by atoms with Crippen molar-refractivity contribution in [3.8, 4) is 0 Å². The summed E-state index contributed by atoms with van der Waals surface area (Å²) in [5.74, 6) is 0.973. The van der Waals surface area contributed by atoms with Gasteiger partial charge in [0.15, 0.2) is 0 Å². The van der Waals surface area contributed by atoms with Gasteiger partial charge in [-0.3, -0.25) is 4.99 Å². The first kappa shape index (κ1) is 11.1. The highest BCUT2D eigenvalue weighted by Crippen LogP contribution is 2.22. The average molecular weight is 190 g/mol. The second kappa shape index (κ2) is 8.17. The maximum absolute atomic E-state index is 5.34. The SMILES string of the molecule is C/C=C\C(=NC)SSCCN. The van der Waals surface area contributed by atoms with Crippen LogP contribution in [0.4, 0.5) is 0 Å². The van der Waals surface area contributed by atoms with Crippen LogP contribution in [-0.4, -0.2) is 24.4 Å². The van der Waals surface area contributed by atoms with Crippen LogP contribution in [0.1, 0.15) is 6.92 Å².